The fraction of sp³-hybridized carbons (Fsp3) is 0.118. The van der Waals surface area contributed by atoms with Gasteiger partial charge in [0.15, 0.2) is 0 Å². The lowest BCUT2D eigenvalue weighted by Crippen LogP contribution is -2.19. The molecule has 0 amide bonds. The van der Waals surface area contributed by atoms with Crippen molar-refractivity contribution in [3.8, 4) is 0 Å². The van der Waals surface area contributed by atoms with Crippen molar-refractivity contribution in [2.24, 2.45) is 0 Å². The van der Waals surface area contributed by atoms with Gasteiger partial charge in [-0.3, -0.25) is 0 Å². The predicted molar refractivity (Wildman–Crippen MR) is 94.1 cm³/mol. The fourth-order valence-corrected chi connectivity index (χ4v) is 4.47. The van der Waals surface area contributed by atoms with Gasteiger partial charge in [-0.15, -0.1) is 11.8 Å². The number of hydrogen-bond donors (Lipinski definition) is 0. The smallest absolute Gasteiger partial charge is 0.355 e. The number of rotatable bonds is 4. The third-order valence-electron chi connectivity index (χ3n) is 3.64. The summed E-state index contributed by atoms with van der Waals surface area (Å²) in [7, 11) is -2.69. The second-order valence-electron chi connectivity index (χ2n) is 5.03. The average Bonchev–Trinajstić information content (AvgIpc) is 3.01. The summed E-state index contributed by atoms with van der Waals surface area (Å²) in [5.74, 6) is -0.698. The summed E-state index contributed by atoms with van der Waals surface area (Å²) in [6.07, 6.45) is 1.93. The Bertz CT molecular complexity index is 1010. The van der Waals surface area contributed by atoms with Crippen LogP contribution in [0.3, 0.4) is 0 Å². The van der Waals surface area contributed by atoms with Crippen LogP contribution in [0.1, 0.15) is 10.5 Å². The molecule has 7 heteroatoms. The van der Waals surface area contributed by atoms with Gasteiger partial charge in [-0.2, -0.15) is 0 Å². The lowest BCUT2D eigenvalue weighted by molar-refractivity contribution is 0.0593. The van der Waals surface area contributed by atoms with E-state index in [0.29, 0.717) is 10.9 Å². The van der Waals surface area contributed by atoms with Crippen molar-refractivity contribution in [3.05, 3.63) is 60.3 Å². The maximum absolute atomic E-state index is 13.1. The molecule has 0 unspecified atom stereocenters. The Morgan fingerprint density at radius 1 is 1.08 bits per heavy atom. The molecule has 0 N–H and O–H groups in total. The van der Waals surface area contributed by atoms with Crippen LogP contribution in [0.5, 0.6) is 0 Å². The Morgan fingerprint density at radius 2 is 1.79 bits per heavy atom. The molecule has 0 atom stereocenters. The molecule has 0 aliphatic heterocycles. The molecule has 0 bridgehead atoms. The number of thioether (sulfide) groups is 1. The first-order chi connectivity index (χ1) is 11.5. The molecule has 0 saturated heterocycles. The fourth-order valence-electron chi connectivity index (χ4n) is 2.50. The van der Waals surface area contributed by atoms with Crippen LogP contribution in [-0.2, 0) is 14.8 Å². The Balaban J connectivity index is 2.35. The largest absolute Gasteiger partial charge is 0.464 e. The number of carbonyl (C=O) groups excluding carboxylic acids is 1. The zero-order valence-electron chi connectivity index (χ0n) is 13.1. The standard InChI is InChI=1S/C17H15NO4S2/c1-22-17(19)16-11-12-10-13(23-2)8-9-15(12)18(16)24(20,21)14-6-4-3-5-7-14/h3-11H,1-2H3. The lowest BCUT2D eigenvalue weighted by Gasteiger charge is -2.11. The first-order valence-corrected chi connectivity index (χ1v) is 9.74. The normalized spacial score (nSPS) is 11.6. The summed E-state index contributed by atoms with van der Waals surface area (Å²) < 4.78 is 31.9. The van der Waals surface area contributed by atoms with Crippen molar-refractivity contribution in [2.75, 3.05) is 13.4 Å². The molecule has 0 spiro atoms. The number of ether oxygens (including phenoxy) is 1. The number of fused-ring (bicyclic) bond motifs is 1. The van der Waals surface area contributed by atoms with E-state index in [4.69, 9.17) is 4.74 Å². The molecule has 124 valence electrons. The summed E-state index contributed by atoms with van der Waals surface area (Å²) in [5, 5.41) is 0.668. The minimum atomic E-state index is -3.92. The average molecular weight is 361 g/mol. The third kappa shape index (κ3) is 2.70. The van der Waals surface area contributed by atoms with E-state index in [9.17, 15) is 13.2 Å². The third-order valence-corrected chi connectivity index (χ3v) is 6.11. The zero-order chi connectivity index (χ0) is 17.3. The first kappa shape index (κ1) is 16.6. The molecular weight excluding hydrogens is 346 g/mol. The van der Waals surface area contributed by atoms with Crippen LogP contribution < -0.4 is 0 Å². The van der Waals surface area contributed by atoms with Gasteiger partial charge in [-0.05, 0) is 42.7 Å². The highest BCUT2D eigenvalue weighted by Crippen LogP contribution is 2.29. The Labute approximate surface area is 144 Å². The molecule has 0 aliphatic rings. The topological polar surface area (TPSA) is 65.4 Å². The van der Waals surface area contributed by atoms with Gasteiger partial charge in [0.1, 0.15) is 5.69 Å². The highest BCUT2D eigenvalue weighted by Gasteiger charge is 2.26. The molecule has 3 rings (SSSR count). The monoisotopic (exact) mass is 361 g/mol. The van der Waals surface area contributed by atoms with E-state index in [1.165, 1.54) is 19.2 Å². The van der Waals surface area contributed by atoms with Gasteiger partial charge >= 0.3 is 5.97 Å². The highest BCUT2D eigenvalue weighted by atomic mass is 32.2. The van der Waals surface area contributed by atoms with E-state index in [-0.39, 0.29) is 10.6 Å². The van der Waals surface area contributed by atoms with Crippen LogP contribution >= 0.6 is 11.8 Å². The van der Waals surface area contributed by atoms with Crippen molar-refractivity contribution in [2.45, 2.75) is 9.79 Å². The summed E-state index contributed by atoms with van der Waals surface area (Å²) in [6, 6.07) is 14.9. The van der Waals surface area contributed by atoms with E-state index in [1.807, 2.05) is 18.4 Å². The van der Waals surface area contributed by atoms with E-state index in [2.05, 4.69) is 0 Å². The van der Waals surface area contributed by atoms with Gasteiger partial charge in [0.25, 0.3) is 10.0 Å². The van der Waals surface area contributed by atoms with E-state index in [0.717, 1.165) is 8.87 Å². The number of methoxy groups -OCH3 is 1. The number of aromatic nitrogens is 1. The molecule has 0 saturated carbocycles. The minimum absolute atomic E-state index is 0.0189. The predicted octanol–water partition coefficient (Wildman–Crippen LogP) is 3.39. The minimum Gasteiger partial charge on any atom is -0.464 e. The molecule has 24 heavy (non-hydrogen) atoms. The maximum Gasteiger partial charge on any atom is 0.355 e. The molecule has 3 aromatic rings. The quantitative estimate of drug-likeness (QED) is 0.526. The number of nitrogens with zero attached hydrogens (tertiary/aromatic N) is 1. The molecule has 0 radical (unpaired) electrons. The first-order valence-electron chi connectivity index (χ1n) is 7.07. The maximum atomic E-state index is 13.1. The van der Waals surface area contributed by atoms with Gasteiger partial charge in [-0.25, -0.2) is 17.2 Å². The zero-order valence-corrected chi connectivity index (χ0v) is 14.7. The second kappa shape index (κ2) is 6.33. The van der Waals surface area contributed by atoms with Crippen molar-refractivity contribution < 1.29 is 17.9 Å². The number of hydrogen-bond acceptors (Lipinski definition) is 5. The lowest BCUT2D eigenvalue weighted by atomic mass is 10.2. The van der Waals surface area contributed by atoms with Crippen LogP contribution in [0.2, 0.25) is 0 Å². The number of benzene rings is 2. The molecule has 5 nitrogen and oxygen atoms in total. The molecule has 2 aromatic carbocycles. The van der Waals surface area contributed by atoms with Crippen LogP contribution in [-0.4, -0.2) is 31.7 Å². The summed E-state index contributed by atoms with van der Waals surface area (Å²) in [4.78, 5) is 13.2. The second-order valence-corrected chi connectivity index (χ2v) is 7.69. The number of carbonyl (C=O) groups is 1. The van der Waals surface area contributed by atoms with Gasteiger partial charge in [0, 0.05) is 10.3 Å². The molecule has 0 aliphatic carbocycles. The van der Waals surface area contributed by atoms with Crippen LogP contribution in [0, 0.1) is 0 Å². The Morgan fingerprint density at radius 3 is 2.42 bits per heavy atom. The summed E-state index contributed by atoms with van der Waals surface area (Å²) in [6.45, 7) is 0. The van der Waals surface area contributed by atoms with Crippen molar-refractivity contribution in [1.82, 2.24) is 3.97 Å². The summed E-state index contributed by atoms with van der Waals surface area (Å²) >= 11 is 1.54. The SMILES string of the molecule is COC(=O)c1cc2cc(SC)ccc2n1S(=O)(=O)c1ccccc1. The molecule has 1 aromatic heterocycles. The molecular formula is C17H15NO4S2. The van der Waals surface area contributed by atoms with Crippen LogP contribution in [0.15, 0.2) is 64.4 Å². The van der Waals surface area contributed by atoms with Crippen LogP contribution in [0.25, 0.3) is 10.9 Å². The van der Waals surface area contributed by atoms with E-state index < -0.39 is 16.0 Å². The Hall–Kier alpha value is -2.25. The Kier molecular flexibility index (Phi) is 4.38. The van der Waals surface area contributed by atoms with E-state index >= 15 is 0 Å². The van der Waals surface area contributed by atoms with Gasteiger partial charge < -0.3 is 4.74 Å². The van der Waals surface area contributed by atoms with Crippen molar-refractivity contribution in [1.29, 1.82) is 0 Å². The van der Waals surface area contributed by atoms with Gasteiger partial charge in [-0.1, -0.05) is 18.2 Å². The molecule has 1 heterocycles. The van der Waals surface area contributed by atoms with Gasteiger partial charge in [0.2, 0.25) is 0 Å². The van der Waals surface area contributed by atoms with E-state index in [1.54, 1.807) is 42.1 Å². The van der Waals surface area contributed by atoms with Crippen LogP contribution in [0.4, 0.5) is 0 Å². The van der Waals surface area contributed by atoms with Crippen molar-refractivity contribution in [3.63, 3.8) is 0 Å². The molecule has 0 fully saturated rings. The summed E-state index contributed by atoms with van der Waals surface area (Å²) in [5.41, 5.74) is 0.423. The highest BCUT2D eigenvalue weighted by molar-refractivity contribution is 7.98. The number of esters is 1. The van der Waals surface area contributed by atoms with Crippen molar-refractivity contribution >= 4 is 38.7 Å². The van der Waals surface area contributed by atoms with Gasteiger partial charge in [0.05, 0.1) is 17.5 Å².